The van der Waals surface area contributed by atoms with Crippen LogP contribution in [-0.4, -0.2) is 0 Å². The molecule has 0 fully saturated rings. The van der Waals surface area contributed by atoms with Gasteiger partial charge in [-0.2, -0.15) is 0 Å². The highest BCUT2D eigenvalue weighted by molar-refractivity contribution is 7.14. The molecule has 2 nitrogen and oxygen atoms in total. The fraction of sp³-hybridized carbons (Fsp3) is 0. The third-order valence-electron chi connectivity index (χ3n) is 0. The van der Waals surface area contributed by atoms with Gasteiger partial charge in [0.05, 0.1) is 8.69 Å². The summed E-state index contributed by atoms with van der Waals surface area (Å²) >= 11 is 0. The summed E-state index contributed by atoms with van der Waals surface area (Å²) in [6.07, 6.45) is 0. The highest BCUT2D eigenvalue weighted by Gasteiger charge is 1.01. The van der Waals surface area contributed by atoms with E-state index in [9.17, 15) is 0 Å². The van der Waals surface area contributed by atoms with Gasteiger partial charge in [0.25, 0.3) is 0 Å². The van der Waals surface area contributed by atoms with Gasteiger partial charge in [-0.3, -0.25) is 4.57 Å². The van der Waals surface area contributed by atoms with Crippen LogP contribution in [0.15, 0.2) is 0 Å². The minimum absolute atomic E-state index is 0. The SMILES string of the molecule is Cl.O=P[O-]. The molecule has 0 N–H and O–H groups in total. The molecule has 0 rings (SSSR count). The van der Waals surface area contributed by atoms with Gasteiger partial charge in [0, 0.05) is 0 Å². The van der Waals surface area contributed by atoms with Crippen molar-refractivity contribution < 1.29 is 9.46 Å². The van der Waals surface area contributed by atoms with E-state index in [4.69, 9.17) is 9.46 Å². The molecule has 26 valence electrons. The Morgan fingerprint density at radius 1 is 1.75 bits per heavy atom. The highest BCUT2D eigenvalue weighted by Crippen LogP contribution is 1.53. The summed E-state index contributed by atoms with van der Waals surface area (Å²) in [4.78, 5) is 8.35. The first kappa shape index (κ1) is 8.84. The molecule has 0 aromatic rings. The normalized spacial score (nSPS) is 5.25. The average Bonchev–Trinajstić information content (AvgIpc) is 0.918. The van der Waals surface area contributed by atoms with Gasteiger partial charge in [-0.05, 0) is 0 Å². The second kappa shape index (κ2) is 10.2. The van der Waals surface area contributed by atoms with Crippen molar-refractivity contribution in [1.82, 2.24) is 0 Å². The predicted octanol–water partition coefficient (Wildman–Crippen LogP) is -0.0248. The van der Waals surface area contributed by atoms with Gasteiger partial charge in [0.1, 0.15) is 0 Å². The summed E-state index contributed by atoms with van der Waals surface area (Å²) in [6.45, 7) is 0. The molecule has 0 heterocycles. The van der Waals surface area contributed by atoms with E-state index in [1.54, 1.807) is 0 Å². The van der Waals surface area contributed by atoms with Crippen LogP contribution < -0.4 is 4.89 Å². The van der Waals surface area contributed by atoms with Crippen molar-refractivity contribution in [2.45, 2.75) is 0 Å². The maximum atomic E-state index is 8.35. The van der Waals surface area contributed by atoms with Crippen molar-refractivity contribution in [3.8, 4) is 0 Å². The smallest absolute Gasteiger partial charge is 0.0642 e. The van der Waals surface area contributed by atoms with E-state index in [1.165, 1.54) is 0 Å². The summed E-state index contributed by atoms with van der Waals surface area (Å²) in [7, 11) is -1.08. The molecule has 0 saturated heterocycles. The molecular formula is HClO2P-. The zero-order valence-corrected chi connectivity index (χ0v) is 3.38. The Kier molecular flexibility index (Phi) is 22.4. The van der Waals surface area contributed by atoms with E-state index >= 15 is 0 Å². The minimum Gasteiger partial charge on any atom is -0.772 e. The van der Waals surface area contributed by atoms with Crippen molar-refractivity contribution in [2.24, 2.45) is 0 Å². The second-order valence-electron chi connectivity index (χ2n) is 0.0745. The van der Waals surface area contributed by atoms with Crippen molar-refractivity contribution in [2.75, 3.05) is 0 Å². The fourth-order valence-electron chi connectivity index (χ4n) is 0. The van der Waals surface area contributed by atoms with Crippen molar-refractivity contribution >= 4 is 21.1 Å². The summed E-state index contributed by atoms with van der Waals surface area (Å²) in [5, 5.41) is 0. The lowest BCUT2D eigenvalue weighted by molar-refractivity contribution is -0.154. The number of hydrogen-bond donors (Lipinski definition) is 0. The van der Waals surface area contributed by atoms with Crippen LogP contribution in [0, 0.1) is 0 Å². The maximum absolute atomic E-state index is 8.35. The fourth-order valence-corrected chi connectivity index (χ4v) is 0. The maximum Gasteiger partial charge on any atom is 0.0642 e. The molecule has 0 aromatic carbocycles. The topological polar surface area (TPSA) is 40.1 Å². The minimum atomic E-state index is -1.08. The third-order valence-corrected chi connectivity index (χ3v) is 0. The van der Waals surface area contributed by atoms with Gasteiger partial charge in [-0.1, -0.05) is 0 Å². The molecule has 0 amide bonds. The molecular weight excluding hydrogens is 98.4 g/mol. The van der Waals surface area contributed by atoms with Crippen molar-refractivity contribution in [1.29, 1.82) is 0 Å². The molecule has 0 bridgehead atoms. The standard InChI is InChI=1S/ClH.HO2P/c;1-3-2/h1H;(H,1,2)/p-1. The molecule has 0 unspecified atom stereocenters. The first-order chi connectivity index (χ1) is 1.41. The van der Waals surface area contributed by atoms with E-state index in [-0.39, 0.29) is 12.4 Å². The van der Waals surface area contributed by atoms with Crippen molar-refractivity contribution in [3.05, 3.63) is 0 Å². The molecule has 4 heteroatoms. The van der Waals surface area contributed by atoms with Crippen LogP contribution in [0.4, 0.5) is 0 Å². The van der Waals surface area contributed by atoms with Crippen LogP contribution in [-0.2, 0) is 4.57 Å². The largest absolute Gasteiger partial charge is 0.772 e. The Bertz CT molecular complexity index is 13.5. The van der Waals surface area contributed by atoms with Gasteiger partial charge in [0.2, 0.25) is 0 Å². The van der Waals surface area contributed by atoms with Crippen LogP contribution >= 0.6 is 21.1 Å². The van der Waals surface area contributed by atoms with E-state index < -0.39 is 8.69 Å². The van der Waals surface area contributed by atoms with Crippen LogP contribution in [0.25, 0.3) is 0 Å². The van der Waals surface area contributed by atoms with E-state index in [0.717, 1.165) is 0 Å². The lowest BCUT2D eigenvalue weighted by Crippen LogP contribution is -1.65. The molecule has 0 aromatic heterocycles. The van der Waals surface area contributed by atoms with Gasteiger partial charge in [0.15, 0.2) is 0 Å². The zero-order valence-electron chi connectivity index (χ0n) is 1.67. The lowest BCUT2D eigenvalue weighted by atomic mass is 15.9. The molecule has 0 aliphatic rings. The Morgan fingerprint density at radius 3 is 1.75 bits per heavy atom. The van der Waals surface area contributed by atoms with Crippen LogP contribution in [0.2, 0.25) is 0 Å². The number of rotatable bonds is 0. The molecule has 4 heavy (non-hydrogen) atoms. The van der Waals surface area contributed by atoms with Crippen LogP contribution in [0.3, 0.4) is 0 Å². The summed E-state index contributed by atoms with van der Waals surface area (Å²) in [5.41, 5.74) is 0. The number of halogens is 1. The average molecular weight is 99.4 g/mol. The summed E-state index contributed by atoms with van der Waals surface area (Å²) < 4.78 is 8.35. The van der Waals surface area contributed by atoms with Crippen molar-refractivity contribution in [3.63, 3.8) is 0 Å². The summed E-state index contributed by atoms with van der Waals surface area (Å²) in [5.74, 6) is 0. The quantitative estimate of drug-likeness (QED) is 0.400. The molecule has 0 aliphatic heterocycles. The molecule has 0 aliphatic carbocycles. The Balaban J connectivity index is 0. The van der Waals surface area contributed by atoms with E-state index in [2.05, 4.69) is 0 Å². The van der Waals surface area contributed by atoms with E-state index in [1.807, 2.05) is 0 Å². The zero-order chi connectivity index (χ0) is 2.71. The second-order valence-corrected chi connectivity index (χ2v) is 0.224. The molecule has 0 saturated carbocycles. The molecule has 0 spiro atoms. The Labute approximate surface area is 31.5 Å². The molecule has 0 atom stereocenters. The van der Waals surface area contributed by atoms with Gasteiger partial charge >= 0.3 is 0 Å². The third kappa shape index (κ3) is 35.0. The first-order valence-electron chi connectivity index (χ1n) is 0.365. The molecule has 0 radical (unpaired) electrons. The van der Waals surface area contributed by atoms with Crippen LogP contribution in [0.5, 0.6) is 0 Å². The van der Waals surface area contributed by atoms with Gasteiger partial charge in [-0.15, -0.1) is 12.4 Å². The monoisotopic (exact) mass is 98.9 g/mol. The van der Waals surface area contributed by atoms with E-state index in [0.29, 0.717) is 0 Å². The Morgan fingerprint density at radius 2 is 1.75 bits per heavy atom. The first-order valence-corrected chi connectivity index (χ1v) is 1.10. The number of hydrogen-bond acceptors (Lipinski definition) is 2. The lowest BCUT2D eigenvalue weighted by Gasteiger charge is -1.57. The van der Waals surface area contributed by atoms with Crippen LogP contribution in [0.1, 0.15) is 0 Å². The van der Waals surface area contributed by atoms with Gasteiger partial charge in [-0.25, -0.2) is 0 Å². The summed E-state index contributed by atoms with van der Waals surface area (Å²) in [6, 6.07) is 0. The Hall–Kier alpha value is 0.350. The highest BCUT2D eigenvalue weighted by atomic mass is 35.5. The van der Waals surface area contributed by atoms with Gasteiger partial charge < -0.3 is 4.89 Å². The predicted molar refractivity (Wildman–Crippen MR) is 14.9 cm³/mol.